The maximum atomic E-state index is 11.1. The molecule has 0 amide bonds. The molecule has 0 unspecified atom stereocenters. The largest absolute Gasteiger partial charge is 0.744 e. The van der Waals surface area contributed by atoms with Crippen LogP contribution >= 0.6 is 0 Å². The first-order chi connectivity index (χ1) is 7.03. The van der Waals surface area contributed by atoms with Crippen LogP contribution in [0.2, 0.25) is 0 Å². The van der Waals surface area contributed by atoms with Gasteiger partial charge in [0.25, 0.3) is 0 Å². The molecule has 16 heavy (non-hydrogen) atoms. The molecule has 0 aromatic heterocycles. The standard InChI is InChI=1S/C6H4O8S2/c7-3-1-4(15(9,10)11)6(8)5(2-3)16(12,13)14/h1-2H,(H,9,10,11)(H,12,13,14)/p-2. The molecule has 0 fully saturated rings. The summed E-state index contributed by atoms with van der Waals surface area (Å²) in [5, 5.41) is 0. The number of rotatable bonds is 2. The lowest BCUT2D eigenvalue weighted by molar-refractivity contribution is -0.114. The van der Waals surface area contributed by atoms with Crippen LogP contribution in [0.15, 0.2) is 22.0 Å². The van der Waals surface area contributed by atoms with E-state index in [0.717, 1.165) is 0 Å². The summed E-state index contributed by atoms with van der Waals surface area (Å²) in [5.74, 6) is -3.02. The number of carbonyl (C=O) groups excluding carboxylic acids is 2. The average Bonchev–Trinajstić information content (AvgIpc) is 2.04. The molecule has 0 saturated carbocycles. The summed E-state index contributed by atoms with van der Waals surface area (Å²) >= 11 is 0. The van der Waals surface area contributed by atoms with E-state index >= 15 is 0 Å². The number of hydrogen-bond donors (Lipinski definition) is 0. The van der Waals surface area contributed by atoms with Gasteiger partial charge in [0.2, 0.25) is 5.78 Å². The van der Waals surface area contributed by atoms with Crippen molar-refractivity contribution in [2.75, 3.05) is 0 Å². The van der Waals surface area contributed by atoms with Gasteiger partial charge < -0.3 is 9.11 Å². The zero-order chi connectivity index (χ0) is 12.7. The second-order valence-corrected chi connectivity index (χ2v) is 5.35. The zero-order valence-electron chi connectivity index (χ0n) is 7.24. The molecular formula is C6H2O8S2-2. The number of carbonyl (C=O) groups is 2. The number of ketones is 2. The molecule has 0 aliphatic heterocycles. The molecule has 88 valence electrons. The first kappa shape index (κ1) is 12.7. The van der Waals surface area contributed by atoms with E-state index in [-0.39, 0.29) is 12.2 Å². The second-order valence-electron chi connectivity index (χ2n) is 2.66. The van der Waals surface area contributed by atoms with E-state index in [4.69, 9.17) is 0 Å². The molecule has 1 aliphatic rings. The fourth-order valence-electron chi connectivity index (χ4n) is 0.924. The summed E-state index contributed by atoms with van der Waals surface area (Å²) in [6, 6.07) is 0. The van der Waals surface area contributed by atoms with Gasteiger partial charge in [0.15, 0.2) is 5.78 Å². The van der Waals surface area contributed by atoms with Crippen molar-refractivity contribution in [2.24, 2.45) is 0 Å². The predicted molar refractivity (Wildman–Crippen MR) is 45.6 cm³/mol. The Bertz CT molecular complexity index is 576. The van der Waals surface area contributed by atoms with Gasteiger partial charge in [0, 0.05) is 12.2 Å². The summed E-state index contributed by atoms with van der Waals surface area (Å²) in [5.41, 5.74) is 0. The van der Waals surface area contributed by atoms with Crippen molar-refractivity contribution in [3.8, 4) is 0 Å². The Labute approximate surface area is 89.8 Å². The van der Waals surface area contributed by atoms with E-state index in [1.165, 1.54) is 0 Å². The summed E-state index contributed by atoms with van der Waals surface area (Å²) in [6.07, 6.45) is 0.332. The summed E-state index contributed by atoms with van der Waals surface area (Å²) in [7, 11) is -10.6. The quantitative estimate of drug-likeness (QED) is 0.411. The number of allylic oxidation sites excluding steroid dienone is 4. The van der Waals surface area contributed by atoms with Crippen molar-refractivity contribution < 1.29 is 35.5 Å². The minimum absolute atomic E-state index is 0.166. The van der Waals surface area contributed by atoms with E-state index < -0.39 is 41.6 Å². The molecule has 8 nitrogen and oxygen atoms in total. The minimum Gasteiger partial charge on any atom is -0.744 e. The minimum atomic E-state index is -5.30. The van der Waals surface area contributed by atoms with Crippen LogP contribution in [-0.4, -0.2) is 37.5 Å². The van der Waals surface area contributed by atoms with Crippen LogP contribution in [0.3, 0.4) is 0 Å². The van der Waals surface area contributed by atoms with Crippen molar-refractivity contribution in [3.63, 3.8) is 0 Å². The van der Waals surface area contributed by atoms with Crippen LogP contribution in [0.5, 0.6) is 0 Å². The van der Waals surface area contributed by atoms with Gasteiger partial charge in [-0.15, -0.1) is 0 Å². The molecule has 0 aromatic carbocycles. The molecule has 0 spiro atoms. The van der Waals surface area contributed by atoms with Crippen LogP contribution in [0.4, 0.5) is 0 Å². The molecule has 0 atom stereocenters. The third-order valence-electron chi connectivity index (χ3n) is 1.53. The fourth-order valence-corrected chi connectivity index (χ4v) is 2.18. The summed E-state index contributed by atoms with van der Waals surface area (Å²) in [6.45, 7) is 0. The average molecular weight is 266 g/mol. The van der Waals surface area contributed by atoms with Crippen molar-refractivity contribution >= 4 is 31.8 Å². The van der Waals surface area contributed by atoms with Gasteiger partial charge in [-0.1, -0.05) is 0 Å². The Morgan fingerprint density at radius 1 is 0.812 bits per heavy atom. The normalized spacial score (nSPS) is 18.1. The summed E-state index contributed by atoms with van der Waals surface area (Å²) < 4.78 is 63.0. The molecule has 0 radical (unpaired) electrons. The predicted octanol–water partition coefficient (Wildman–Crippen LogP) is -2.00. The highest BCUT2D eigenvalue weighted by molar-refractivity contribution is 7.93. The van der Waals surface area contributed by atoms with Crippen molar-refractivity contribution in [3.05, 3.63) is 22.0 Å². The number of Topliss-reactive ketones (excluding diaryl/α,β-unsaturated/α-hetero) is 1. The maximum Gasteiger partial charge on any atom is 0.213 e. The van der Waals surface area contributed by atoms with Crippen LogP contribution in [0.25, 0.3) is 0 Å². The molecule has 10 heteroatoms. The van der Waals surface area contributed by atoms with Crippen LogP contribution < -0.4 is 0 Å². The molecule has 1 aliphatic carbocycles. The van der Waals surface area contributed by atoms with Crippen molar-refractivity contribution in [1.29, 1.82) is 0 Å². The van der Waals surface area contributed by atoms with E-state index in [1.807, 2.05) is 0 Å². The van der Waals surface area contributed by atoms with Crippen LogP contribution in [-0.2, 0) is 29.8 Å². The van der Waals surface area contributed by atoms with Gasteiger partial charge in [0.05, 0.1) is 0 Å². The van der Waals surface area contributed by atoms with E-state index in [2.05, 4.69) is 0 Å². The van der Waals surface area contributed by atoms with Crippen molar-refractivity contribution in [1.82, 2.24) is 0 Å². The van der Waals surface area contributed by atoms with Gasteiger partial charge in [-0.2, -0.15) is 0 Å². The Morgan fingerprint density at radius 3 is 1.38 bits per heavy atom. The van der Waals surface area contributed by atoms with Gasteiger partial charge in [-0.25, -0.2) is 16.8 Å². The van der Waals surface area contributed by atoms with Crippen molar-refractivity contribution in [2.45, 2.75) is 0 Å². The highest BCUT2D eigenvalue weighted by Crippen LogP contribution is 2.20. The first-order valence-electron chi connectivity index (χ1n) is 3.47. The molecule has 0 heterocycles. The smallest absolute Gasteiger partial charge is 0.213 e. The third-order valence-corrected chi connectivity index (χ3v) is 3.22. The lowest BCUT2D eigenvalue weighted by Gasteiger charge is -2.17. The topological polar surface area (TPSA) is 149 Å². The molecule has 1 rings (SSSR count). The summed E-state index contributed by atoms with van der Waals surface area (Å²) in [4.78, 5) is 18.8. The molecule has 0 bridgehead atoms. The van der Waals surface area contributed by atoms with E-state index in [9.17, 15) is 35.5 Å². The molecule has 0 aromatic rings. The monoisotopic (exact) mass is 266 g/mol. The molecule has 0 N–H and O–H groups in total. The van der Waals surface area contributed by atoms with E-state index in [1.54, 1.807) is 0 Å². The van der Waals surface area contributed by atoms with Gasteiger partial charge in [-0.3, -0.25) is 9.59 Å². The molecular weight excluding hydrogens is 264 g/mol. The lowest BCUT2D eigenvalue weighted by Crippen LogP contribution is -2.24. The fraction of sp³-hybridized carbons (Fsp3) is 0. The van der Waals surface area contributed by atoms with Crippen LogP contribution in [0, 0.1) is 0 Å². The van der Waals surface area contributed by atoms with Gasteiger partial charge in [-0.05, 0) is 0 Å². The number of hydrogen-bond acceptors (Lipinski definition) is 8. The molecule has 0 saturated heterocycles. The highest BCUT2D eigenvalue weighted by Gasteiger charge is 2.29. The zero-order valence-corrected chi connectivity index (χ0v) is 8.87. The highest BCUT2D eigenvalue weighted by atomic mass is 32.2. The SMILES string of the molecule is O=C1C=C(S(=O)(=O)[O-])C(=O)C(S(=O)(=O)[O-])=C1. The Kier molecular flexibility index (Phi) is 2.85. The second kappa shape index (κ2) is 3.59. The Balaban J connectivity index is 3.47. The van der Waals surface area contributed by atoms with Crippen LogP contribution in [0.1, 0.15) is 0 Å². The Hall–Kier alpha value is -1.36. The maximum absolute atomic E-state index is 11.1. The lowest BCUT2D eigenvalue weighted by atomic mass is 10.2. The third kappa shape index (κ3) is 2.41. The van der Waals surface area contributed by atoms with E-state index in [0.29, 0.717) is 0 Å². The first-order valence-corrected chi connectivity index (χ1v) is 6.29. The Morgan fingerprint density at radius 2 is 1.12 bits per heavy atom. The van der Waals surface area contributed by atoms with Gasteiger partial charge in [0.1, 0.15) is 30.0 Å². The van der Waals surface area contributed by atoms with Gasteiger partial charge >= 0.3 is 0 Å².